The van der Waals surface area contributed by atoms with E-state index in [0.717, 1.165) is 20.8 Å². The molecule has 1 saturated heterocycles. The highest BCUT2D eigenvalue weighted by Crippen LogP contribution is 2.41. The van der Waals surface area contributed by atoms with E-state index in [1.165, 1.54) is 0 Å². The van der Waals surface area contributed by atoms with Crippen molar-refractivity contribution in [1.82, 2.24) is 0 Å². The normalized spacial score (nSPS) is 39.7. The van der Waals surface area contributed by atoms with Gasteiger partial charge in [-0.1, -0.05) is 0 Å². The van der Waals surface area contributed by atoms with E-state index in [9.17, 15) is 29.7 Å². The van der Waals surface area contributed by atoms with Crippen molar-refractivity contribution in [3.05, 3.63) is 0 Å². The van der Waals surface area contributed by atoms with Gasteiger partial charge in [0.25, 0.3) is 0 Å². The molecule has 1 aliphatic rings. The highest BCUT2D eigenvalue weighted by Gasteiger charge is 2.71. The van der Waals surface area contributed by atoms with Gasteiger partial charge >= 0.3 is 11.8 Å². The van der Waals surface area contributed by atoms with Crippen molar-refractivity contribution in [2.45, 2.75) is 50.5 Å². The van der Waals surface area contributed by atoms with Crippen LogP contribution >= 0.6 is 0 Å². The van der Waals surface area contributed by atoms with Gasteiger partial charge in [-0.15, -0.1) is 0 Å². The molecule has 0 radical (unpaired) electrons. The van der Waals surface area contributed by atoms with Gasteiger partial charge < -0.3 is 29.9 Å². The summed E-state index contributed by atoms with van der Waals surface area (Å²) < 4.78 is 9.74. The molecular formula is C12H18O9. The second-order valence-corrected chi connectivity index (χ2v) is 4.86. The van der Waals surface area contributed by atoms with Crippen molar-refractivity contribution < 1.29 is 44.3 Å². The van der Waals surface area contributed by atoms with Gasteiger partial charge in [0.2, 0.25) is 11.4 Å². The maximum Gasteiger partial charge on any atom is 0.312 e. The molecule has 0 aromatic heterocycles. The third-order valence-electron chi connectivity index (χ3n) is 3.42. The summed E-state index contributed by atoms with van der Waals surface area (Å²) >= 11 is 0. The summed E-state index contributed by atoms with van der Waals surface area (Å²) in [6.45, 7) is 1.76. The van der Waals surface area contributed by atoms with Crippen molar-refractivity contribution >= 4 is 17.5 Å². The summed E-state index contributed by atoms with van der Waals surface area (Å²) in [5.74, 6) is -6.15. The number of hydrogen-bond donors (Lipinski definition) is 4. The quantitative estimate of drug-likeness (QED) is 0.406. The summed E-state index contributed by atoms with van der Waals surface area (Å²) in [6, 6.07) is 0. The smallest absolute Gasteiger partial charge is 0.312 e. The highest BCUT2D eigenvalue weighted by atomic mass is 16.7. The van der Waals surface area contributed by atoms with E-state index in [1.54, 1.807) is 0 Å². The lowest BCUT2D eigenvalue weighted by atomic mass is 9.75. The van der Waals surface area contributed by atoms with E-state index in [1.807, 2.05) is 0 Å². The lowest BCUT2D eigenvalue weighted by Crippen LogP contribution is -2.78. The Bertz CT molecular complexity index is 462. The van der Waals surface area contributed by atoms with Gasteiger partial charge in [0, 0.05) is 13.8 Å². The number of carbonyl (C=O) groups excluding carboxylic acids is 3. The monoisotopic (exact) mass is 306 g/mol. The molecule has 0 aliphatic carbocycles. The average molecular weight is 306 g/mol. The lowest BCUT2D eigenvalue weighted by Gasteiger charge is -2.51. The molecule has 21 heavy (non-hydrogen) atoms. The summed E-state index contributed by atoms with van der Waals surface area (Å²) in [6.07, 6.45) is -5.61. The lowest BCUT2D eigenvalue weighted by molar-refractivity contribution is -0.357. The molecule has 1 aliphatic heterocycles. The molecule has 1 rings (SSSR count). The Hall–Kier alpha value is -1.39. The molecule has 4 N–H and O–H groups in total. The van der Waals surface area contributed by atoms with Gasteiger partial charge in [0.1, 0.15) is 18.3 Å². The van der Waals surface area contributed by atoms with Gasteiger partial charge in [-0.25, -0.2) is 0 Å². The molecule has 0 bridgehead atoms. The van der Waals surface area contributed by atoms with Crippen LogP contribution in [0, 0.1) is 0 Å². The first-order valence-corrected chi connectivity index (χ1v) is 6.13. The van der Waals surface area contributed by atoms with E-state index in [0.29, 0.717) is 0 Å². The van der Waals surface area contributed by atoms with E-state index in [4.69, 9.17) is 14.6 Å². The van der Waals surface area contributed by atoms with E-state index < -0.39 is 53.8 Å². The summed E-state index contributed by atoms with van der Waals surface area (Å²) in [5.41, 5.74) is -3.00. The van der Waals surface area contributed by atoms with Crippen molar-refractivity contribution in [1.29, 1.82) is 0 Å². The van der Waals surface area contributed by atoms with Crippen LogP contribution in [0.2, 0.25) is 0 Å². The first-order valence-electron chi connectivity index (χ1n) is 6.13. The molecule has 0 saturated carbocycles. The van der Waals surface area contributed by atoms with Crippen molar-refractivity contribution in [2.75, 3.05) is 6.61 Å². The Labute approximate surface area is 120 Å². The fraction of sp³-hybridized carbons (Fsp3) is 0.750. The van der Waals surface area contributed by atoms with Crippen LogP contribution in [0.5, 0.6) is 0 Å². The number of ketones is 2. The second kappa shape index (κ2) is 5.78. The van der Waals surface area contributed by atoms with Gasteiger partial charge in [-0.2, -0.15) is 0 Å². The van der Waals surface area contributed by atoms with Crippen LogP contribution in [0.3, 0.4) is 0 Å². The number of Topliss-reactive ketones (excluding diaryl/α,β-unsaturated/α-hetero) is 2. The number of esters is 1. The highest BCUT2D eigenvalue weighted by molar-refractivity contribution is 5.98. The van der Waals surface area contributed by atoms with Crippen molar-refractivity contribution in [3.63, 3.8) is 0 Å². The fourth-order valence-corrected chi connectivity index (χ4v) is 2.33. The Kier molecular flexibility index (Phi) is 4.86. The number of hydrogen-bond acceptors (Lipinski definition) is 9. The Morgan fingerprint density at radius 2 is 1.67 bits per heavy atom. The van der Waals surface area contributed by atoms with Crippen LogP contribution in [-0.2, 0) is 23.9 Å². The molecule has 0 aromatic carbocycles. The Balaban J connectivity index is 3.55. The molecule has 1 fully saturated rings. The number of carbonyl (C=O) groups is 3. The molecule has 1 unspecified atom stereocenters. The van der Waals surface area contributed by atoms with E-state index >= 15 is 0 Å². The van der Waals surface area contributed by atoms with Crippen molar-refractivity contribution in [2.24, 2.45) is 0 Å². The summed E-state index contributed by atoms with van der Waals surface area (Å²) in [7, 11) is 0. The van der Waals surface area contributed by atoms with Gasteiger partial charge in [0.05, 0.1) is 6.61 Å². The van der Waals surface area contributed by atoms with E-state index in [-0.39, 0.29) is 0 Å². The van der Waals surface area contributed by atoms with Crippen LogP contribution in [0.25, 0.3) is 0 Å². The molecule has 1 heterocycles. The minimum atomic E-state index is -3.00. The molecule has 0 spiro atoms. The third kappa shape index (κ3) is 2.47. The van der Waals surface area contributed by atoms with Crippen LogP contribution in [0.1, 0.15) is 20.8 Å². The molecule has 0 aromatic rings. The van der Waals surface area contributed by atoms with Crippen LogP contribution in [-0.4, -0.2) is 74.3 Å². The third-order valence-corrected chi connectivity index (χ3v) is 3.42. The zero-order valence-corrected chi connectivity index (χ0v) is 11.8. The number of rotatable bonds is 4. The maximum absolute atomic E-state index is 11.9. The molecule has 0 amide bonds. The number of aliphatic hydroxyl groups is 4. The van der Waals surface area contributed by atoms with E-state index in [2.05, 4.69) is 0 Å². The standard InChI is InChI=1S/C12H18O9/c1-5(14)11(19)10(18)9(17)8(4-13)21-12(11,6(2)15)20-7(3)16/h8-10,13,17-19H,4H2,1-3H3/t8-,9-,10+,11-,12?/m1/s1. The first-order chi connectivity index (χ1) is 9.54. The van der Waals surface area contributed by atoms with Gasteiger partial charge in [-0.3, -0.25) is 14.4 Å². The van der Waals surface area contributed by atoms with Gasteiger partial charge in [-0.05, 0) is 6.92 Å². The Morgan fingerprint density at radius 1 is 1.14 bits per heavy atom. The molecule has 5 atom stereocenters. The number of aliphatic hydroxyl groups excluding tert-OH is 3. The number of ether oxygens (including phenoxy) is 2. The maximum atomic E-state index is 11.9. The largest absolute Gasteiger partial charge is 0.422 e. The minimum absolute atomic E-state index is 0.833. The zero-order chi connectivity index (χ0) is 16.6. The molecular weight excluding hydrogens is 288 g/mol. The fourth-order valence-electron chi connectivity index (χ4n) is 2.33. The average Bonchev–Trinajstić information content (AvgIpc) is 2.38. The predicted octanol–water partition coefficient (Wildman–Crippen LogP) is -2.73. The first kappa shape index (κ1) is 17.7. The molecule has 9 nitrogen and oxygen atoms in total. The zero-order valence-electron chi connectivity index (χ0n) is 11.8. The van der Waals surface area contributed by atoms with Crippen LogP contribution in [0.15, 0.2) is 0 Å². The molecule has 120 valence electrons. The summed E-state index contributed by atoms with van der Waals surface area (Å²) in [5, 5.41) is 39.4. The summed E-state index contributed by atoms with van der Waals surface area (Å²) in [4.78, 5) is 34.9. The van der Waals surface area contributed by atoms with Crippen molar-refractivity contribution in [3.8, 4) is 0 Å². The Morgan fingerprint density at radius 3 is 2.00 bits per heavy atom. The predicted molar refractivity (Wildman–Crippen MR) is 64.8 cm³/mol. The second-order valence-electron chi connectivity index (χ2n) is 4.86. The minimum Gasteiger partial charge on any atom is -0.422 e. The topological polar surface area (TPSA) is 151 Å². The van der Waals surface area contributed by atoms with Crippen LogP contribution in [0.4, 0.5) is 0 Å². The van der Waals surface area contributed by atoms with Crippen LogP contribution < -0.4 is 0 Å². The van der Waals surface area contributed by atoms with Gasteiger partial charge in [0.15, 0.2) is 5.78 Å². The molecule has 9 heteroatoms. The SMILES string of the molecule is CC(=O)OC1(C(C)=O)O[C@H](CO)[C@@H](O)[C@H](O)[C@]1(O)C(C)=O.